The lowest BCUT2D eigenvalue weighted by atomic mass is 10.2. The molecule has 78 valence electrons. The lowest BCUT2D eigenvalue weighted by Gasteiger charge is -2.07. The predicted octanol–water partition coefficient (Wildman–Crippen LogP) is 0.759. The number of nitrogens with two attached hydrogens (primary N) is 1. The van der Waals surface area contributed by atoms with Gasteiger partial charge in [-0.1, -0.05) is 11.6 Å². The highest BCUT2D eigenvalue weighted by atomic mass is 35.5. The summed E-state index contributed by atoms with van der Waals surface area (Å²) >= 11 is 11.3. The molecule has 7 heteroatoms. The van der Waals surface area contributed by atoms with Gasteiger partial charge in [0.1, 0.15) is 6.04 Å². The van der Waals surface area contributed by atoms with Crippen LogP contribution in [0, 0.1) is 0 Å². The van der Waals surface area contributed by atoms with Crippen molar-refractivity contribution in [1.29, 1.82) is 0 Å². The van der Waals surface area contributed by atoms with Crippen LogP contribution < -0.4 is 5.73 Å². The van der Waals surface area contributed by atoms with E-state index >= 15 is 0 Å². The summed E-state index contributed by atoms with van der Waals surface area (Å²) in [6, 6.07) is -0.769. The van der Waals surface area contributed by atoms with Gasteiger partial charge in [0.05, 0.1) is 12.8 Å². The Morgan fingerprint density at radius 3 is 2.79 bits per heavy atom. The minimum atomic E-state index is -0.769. The summed E-state index contributed by atoms with van der Waals surface area (Å²) in [5, 5.41) is 0.386. The fourth-order valence-electron chi connectivity index (χ4n) is 0.948. The van der Waals surface area contributed by atoms with Crippen molar-refractivity contribution in [3.05, 3.63) is 16.1 Å². The summed E-state index contributed by atoms with van der Waals surface area (Å²) in [6.45, 7) is 0. The fourth-order valence-corrected chi connectivity index (χ4v) is 1.40. The van der Waals surface area contributed by atoms with Crippen molar-refractivity contribution in [1.82, 2.24) is 9.97 Å². The third-order valence-corrected chi connectivity index (χ3v) is 2.12. The molecule has 3 N–H and O–H groups in total. The first-order valence-corrected chi connectivity index (χ1v) is 4.53. The highest BCUT2D eigenvalue weighted by Gasteiger charge is 2.17. The Bertz CT molecular complexity index is 340. The van der Waals surface area contributed by atoms with Gasteiger partial charge in [0.15, 0.2) is 5.15 Å². The standard InChI is InChI=1S/C7H9Cl2N3O2/c1-14-6(13)3(10)2-4-5(8)12-7(9)11-4/h3H,2,10H2,1H3,(H,11,12)/t3-/m0/s1. The zero-order chi connectivity index (χ0) is 10.7. The Morgan fingerprint density at radius 1 is 1.71 bits per heavy atom. The van der Waals surface area contributed by atoms with Gasteiger partial charge in [0.25, 0.3) is 0 Å². The monoisotopic (exact) mass is 237 g/mol. The maximum atomic E-state index is 11.0. The van der Waals surface area contributed by atoms with Crippen LogP contribution in [-0.4, -0.2) is 29.1 Å². The number of halogens is 2. The number of H-pyrrole nitrogens is 1. The molecule has 0 aliphatic rings. The molecule has 0 aliphatic heterocycles. The van der Waals surface area contributed by atoms with Crippen LogP contribution in [0.2, 0.25) is 10.4 Å². The van der Waals surface area contributed by atoms with Gasteiger partial charge in [-0.05, 0) is 11.6 Å². The highest BCUT2D eigenvalue weighted by Crippen LogP contribution is 2.16. The molecule has 14 heavy (non-hydrogen) atoms. The van der Waals surface area contributed by atoms with E-state index in [2.05, 4.69) is 14.7 Å². The van der Waals surface area contributed by atoms with Gasteiger partial charge in [-0.25, -0.2) is 4.98 Å². The van der Waals surface area contributed by atoms with Gasteiger partial charge in [0, 0.05) is 6.42 Å². The van der Waals surface area contributed by atoms with Crippen LogP contribution in [0.4, 0.5) is 0 Å². The molecule has 0 spiro atoms. The zero-order valence-electron chi connectivity index (χ0n) is 7.38. The number of hydrogen-bond donors (Lipinski definition) is 2. The Morgan fingerprint density at radius 2 is 2.36 bits per heavy atom. The lowest BCUT2D eigenvalue weighted by molar-refractivity contribution is -0.142. The van der Waals surface area contributed by atoms with E-state index in [9.17, 15) is 4.79 Å². The number of methoxy groups -OCH3 is 1. The van der Waals surface area contributed by atoms with Crippen molar-refractivity contribution in [2.45, 2.75) is 12.5 Å². The Balaban J connectivity index is 2.69. The Hall–Kier alpha value is -0.780. The van der Waals surface area contributed by atoms with Crippen LogP contribution in [-0.2, 0) is 16.0 Å². The van der Waals surface area contributed by atoms with E-state index in [-0.39, 0.29) is 16.9 Å². The molecule has 0 bridgehead atoms. The quantitative estimate of drug-likeness (QED) is 0.761. The molecule has 1 heterocycles. The molecule has 0 aromatic carbocycles. The SMILES string of the molecule is COC(=O)[C@@H](N)Cc1[nH]c(Cl)nc1Cl. The van der Waals surface area contributed by atoms with Gasteiger partial charge in [-0.2, -0.15) is 0 Å². The summed E-state index contributed by atoms with van der Waals surface area (Å²) in [4.78, 5) is 17.4. The van der Waals surface area contributed by atoms with Crippen LogP contribution in [0.15, 0.2) is 0 Å². The number of esters is 1. The van der Waals surface area contributed by atoms with Gasteiger partial charge in [0.2, 0.25) is 5.28 Å². The molecule has 0 aliphatic carbocycles. The molecule has 0 radical (unpaired) electrons. The topological polar surface area (TPSA) is 81.0 Å². The van der Waals surface area contributed by atoms with Crippen LogP contribution in [0.5, 0.6) is 0 Å². The second kappa shape index (κ2) is 4.63. The maximum absolute atomic E-state index is 11.0. The van der Waals surface area contributed by atoms with E-state index in [1.807, 2.05) is 0 Å². The molecule has 1 aromatic rings. The van der Waals surface area contributed by atoms with Gasteiger partial charge < -0.3 is 15.5 Å². The van der Waals surface area contributed by atoms with Gasteiger partial charge >= 0.3 is 5.97 Å². The minimum absolute atomic E-state index is 0.169. The Labute approximate surface area is 90.5 Å². The summed E-state index contributed by atoms with van der Waals surface area (Å²) < 4.78 is 4.46. The number of aromatic nitrogens is 2. The third-order valence-electron chi connectivity index (χ3n) is 1.63. The van der Waals surface area contributed by atoms with Gasteiger partial charge in [-0.3, -0.25) is 4.79 Å². The normalized spacial score (nSPS) is 12.6. The molecule has 0 saturated carbocycles. The van der Waals surface area contributed by atoms with Crippen LogP contribution >= 0.6 is 23.2 Å². The van der Waals surface area contributed by atoms with E-state index in [0.29, 0.717) is 5.69 Å². The van der Waals surface area contributed by atoms with Crippen LogP contribution in [0.3, 0.4) is 0 Å². The Kier molecular flexibility index (Phi) is 3.74. The first-order chi connectivity index (χ1) is 6.54. The van der Waals surface area contributed by atoms with E-state index in [1.54, 1.807) is 0 Å². The van der Waals surface area contributed by atoms with E-state index in [1.165, 1.54) is 7.11 Å². The molecule has 1 aromatic heterocycles. The number of nitrogens with one attached hydrogen (secondary N) is 1. The van der Waals surface area contributed by atoms with Gasteiger partial charge in [-0.15, -0.1) is 0 Å². The lowest BCUT2D eigenvalue weighted by Crippen LogP contribution is -2.33. The summed E-state index contributed by atoms with van der Waals surface area (Å²) in [7, 11) is 1.27. The number of hydrogen-bond acceptors (Lipinski definition) is 4. The van der Waals surface area contributed by atoms with Crippen LogP contribution in [0.1, 0.15) is 5.69 Å². The average Bonchev–Trinajstić information content (AvgIpc) is 2.44. The first-order valence-electron chi connectivity index (χ1n) is 3.78. The van der Waals surface area contributed by atoms with E-state index < -0.39 is 12.0 Å². The molecule has 1 rings (SSSR count). The third kappa shape index (κ3) is 2.60. The molecular formula is C7H9Cl2N3O2. The summed E-state index contributed by atoms with van der Waals surface area (Å²) in [5.74, 6) is -0.508. The predicted molar refractivity (Wildman–Crippen MR) is 52.3 cm³/mol. The van der Waals surface area contributed by atoms with E-state index in [4.69, 9.17) is 28.9 Å². The average molecular weight is 238 g/mol. The highest BCUT2D eigenvalue weighted by molar-refractivity contribution is 6.32. The van der Waals surface area contributed by atoms with Crippen molar-refractivity contribution in [2.75, 3.05) is 7.11 Å². The summed E-state index contributed by atoms with van der Waals surface area (Å²) in [5.41, 5.74) is 6.04. The molecule has 0 unspecified atom stereocenters. The van der Waals surface area contributed by atoms with Crippen LogP contribution in [0.25, 0.3) is 0 Å². The molecular weight excluding hydrogens is 229 g/mol. The minimum Gasteiger partial charge on any atom is -0.468 e. The van der Waals surface area contributed by atoms with Crippen molar-refractivity contribution < 1.29 is 9.53 Å². The number of carbonyl (C=O) groups is 1. The maximum Gasteiger partial charge on any atom is 0.323 e. The van der Waals surface area contributed by atoms with Crippen molar-refractivity contribution >= 4 is 29.2 Å². The van der Waals surface area contributed by atoms with Crippen molar-refractivity contribution in [3.8, 4) is 0 Å². The number of aromatic amines is 1. The fraction of sp³-hybridized carbons (Fsp3) is 0.429. The zero-order valence-corrected chi connectivity index (χ0v) is 8.89. The number of nitrogens with zero attached hydrogens (tertiary/aromatic N) is 1. The first kappa shape index (κ1) is 11.3. The number of ether oxygens (including phenoxy) is 1. The molecule has 0 fully saturated rings. The molecule has 5 nitrogen and oxygen atoms in total. The smallest absolute Gasteiger partial charge is 0.323 e. The second-order valence-corrected chi connectivity index (χ2v) is 3.35. The van der Waals surface area contributed by atoms with Crippen molar-refractivity contribution in [2.24, 2.45) is 5.73 Å². The molecule has 0 saturated heterocycles. The largest absolute Gasteiger partial charge is 0.468 e. The number of imidazole rings is 1. The molecule has 0 amide bonds. The summed E-state index contributed by atoms with van der Waals surface area (Å²) in [6.07, 6.45) is 0.214. The number of carbonyl (C=O) groups excluding carboxylic acids is 1. The number of rotatable bonds is 3. The van der Waals surface area contributed by atoms with E-state index in [0.717, 1.165) is 0 Å². The molecule has 1 atom stereocenters. The second-order valence-electron chi connectivity index (χ2n) is 2.63. The van der Waals surface area contributed by atoms with Crippen molar-refractivity contribution in [3.63, 3.8) is 0 Å².